The summed E-state index contributed by atoms with van der Waals surface area (Å²) >= 11 is 0. The van der Waals surface area contributed by atoms with Gasteiger partial charge in [-0.25, -0.2) is 9.59 Å². The van der Waals surface area contributed by atoms with E-state index < -0.39 is 20.3 Å². The van der Waals surface area contributed by atoms with Gasteiger partial charge < -0.3 is 11.5 Å². The van der Waals surface area contributed by atoms with Gasteiger partial charge in [0.15, 0.2) is 0 Å². The first kappa shape index (κ1) is 10.6. The van der Waals surface area contributed by atoms with Gasteiger partial charge in [0.25, 0.3) is 0 Å². The summed E-state index contributed by atoms with van der Waals surface area (Å²) in [5.74, 6) is 0. The monoisotopic (exact) mass is 197 g/mol. The number of carbonyl (C=O) groups excluding carboxylic acids is 2. The quantitative estimate of drug-likeness (QED) is 0.331. The second-order valence-electron chi connectivity index (χ2n) is 1.34. The van der Waals surface area contributed by atoms with Crippen molar-refractivity contribution < 1.29 is 23.4 Å². The third-order valence-electron chi connectivity index (χ3n) is 0.442. The van der Waals surface area contributed by atoms with Crippen molar-refractivity contribution in [3.63, 3.8) is 0 Å². The average molecular weight is 197 g/mol. The van der Waals surface area contributed by atoms with E-state index >= 15 is 0 Å². The largest absolute Gasteiger partial charge is 0.746 e. The molecule has 0 unspecified atom stereocenters. The highest BCUT2D eigenvalue weighted by Gasteiger charge is 2.23. The molecule has 6 N–H and O–H groups in total. The summed E-state index contributed by atoms with van der Waals surface area (Å²) in [7, 11) is -2.72. The van der Waals surface area contributed by atoms with Crippen LogP contribution in [0.1, 0.15) is 0 Å². The molecular formula is C2H6N4O5P+. The van der Waals surface area contributed by atoms with Crippen molar-refractivity contribution >= 4 is 20.3 Å². The highest BCUT2D eigenvalue weighted by Crippen LogP contribution is 2.18. The average Bonchev–Trinajstić information content (AvgIpc) is 1.96. The van der Waals surface area contributed by atoms with Gasteiger partial charge in [0.05, 0.1) is 0 Å². The third kappa shape index (κ3) is 6.68. The van der Waals surface area contributed by atoms with Gasteiger partial charge in [-0.3, -0.25) is 0 Å². The lowest BCUT2D eigenvalue weighted by molar-refractivity contribution is 0.133. The van der Waals surface area contributed by atoms with E-state index in [-0.39, 0.29) is 0 Å². The van der Waals surface area contributed by atoms with Gasteiger partial charge in [-0.15, -0.1) is 0 Å². The van der Waals surface area contributed by atoms with Crippen LogP contribution in [0.2, 0.25) is 0 Å². The minimum Gasteiger partial charge on any atom is -0.350 e. The van der Waals surface area contributed by atoms with Crippen LogP contribution in [0.3, 0.4) is 0 Å². The number of nitrogens with one attached hydrogen (secondary N) is 2. The van der Waals surface area contributed by atoms with E-state index in [1.165, 1.54) is 11.0 Å². The van der Waals surface area contributed by atoms with Gasteiger partial charge >= 0.3 is 20.3 Å². The molecule has 0 aliphatic rings. The Kier molecular flexibility index (Phi) is 4.61. The van der Waals surface area contributed by atoms with E-state index in [1.54, 1.807) is 0 Å². The number of nitrogens with two attached hydrogens (primary N) is 2. The predicted octanol–water partition coefficient (Wildman–Crippen LogP) is -1.16. The van der Waals surface area contributed by atoms with Crippen LogP contribution in [0.5, 0.6) is 0 Å². The number of hydrogen-bond acceptors (Lipinski definition) is 5. The van der Waals surface area contributed by atoms with Crippen molar-refractivity contribution in [1.29, 1.82) is 0 Å². The molecule has 0 aromatic rings. The molecule has 0 saturated heterocycles. The first-order valence-electron chi connectivity index (χ1n) is 2.44. The Morgan fingerprint density at radius 1 is 1.08 bits per heavy atom. The predicted molar refractivity (Wildman–Crippen MR) is 35.2 cm³/mol. The summed E-state index contributed by atoms with van der Waals surface area (Å²) in [5.41, 5.74) is 12.1. The topological polar surface area (TPSA) is 146 Å². The highest BCUT2D eigenvalue weighted by molar-refractivity contribution is 7.33. The van der Waals surface area contributed by atoms with E-state index in [2.05, 4.69) is 20.7 Å². The van der Waals surface area contributed by atoms with Crippen LogP contribution in [-0.2, 0) is 13.8 Å². The first-order valence-corrected chi connectivity index (χ1v) is 3.54. The summed E-state index contributed by atoms with van der Waals surface area (Å²) in [6, 6.07) is -2.11. The van der Waals surface area contributed by atoms with Crippen LogP contribution in [-0.4, -0.2) is 12.1 Å². The molecule has 0 aliphatic heterocycles. The van der Waals surface area contributed by atoms with Gasteiger partial charge in [0.2, 0.25) is 0 Å². The van der Waals surface area contributed by atoms with Gasteiger partial charge in [-0.1, -0.05) is 0 Å². The normalized spacial score (nSPS) is 8.67. The summed E-state index contributed by atoms with van der Waals surface area (Å²) < 4.78 is 18.3. The summed E-state index contributed by atoms with van der Waals surface area (Å²) in [6.45, 7) is 0. The fourth-order valence-corrected chi connectivity index (χ4v) is 0.549. The Bertz CT molecular complexity index is 186. The molecule has 0 fully saturated rings. The van der Waals surface area contributed by atoms with Crippen LogP contribution in [0, 0.1) is 0 Å². The lowest BCUT2D eigenvalue weighted by Crippen LogP contribution is -2.30. The summed E-state index contributed by atoms with van der Waals surface area (Å²) in [4.78, 5) is 19.9. The van der Waals surface area contributed by atoms with Crippen LogP contribution < -0.4 is 22.4 Å². The number of rotatable bonds is 4. The van der Waals surface area contributed by atoms with E-state index in [4.69, 9.17) is 0 Å². The van der Waals surface area contributed by atoms with Crippen LogP contribution in [0.4, 0.5) is 9.59 Å². The van der Waals surface area contributed by atoms with Crippen LogP contribution in [0.15, 0.2) is 0 Å². The standard InChI is InChI=1S/C2H5N4O5P/c3-1(7)5-10-12(9)11-6-2(4)8/h(H5-,3,4,5,6,7,8)/p+1. The number of carbonyl (C=O) groups is 2. The van der Waals surface area contributed by atoms with Crippen molar-refractivity contribution in [3.8, 4) is 0 Å². The molecule has 0 aromatic heterocycles. The van der Waals surface area contributed by atoms with E-state index in [1.807, 2.05) is 0 Å². The molecule has 4 amide bonds. The lowest BCUT2D eigenvalue weighted by Gasteiger charge is -1.89. The zero-order valence-electron chi connectivity index (χ0n) is 5.64. The molecule has 10 heteroatoms. The molecule has 0 heterocycles. The minimum atomic E-state index is -2.72. The molecule has 0 aromatic carbocycles. The molecule has 12 heavy (non-hydrogen) atoms. The van der Waals surface area contributed by atoms with Crippen molar-refractivity contribution in [3.05, 3.63) is 0 Å². The maximum absolute atomic E-state index is 10.4. The number of primary amides is 2. The molecule has 0 aliphatic carbocycles. The molecule has 0 rings (SSSR count). The van der Waals surface area contributed by atoms with E-state index in [9.17, 15) is 14.2 Å². The lowest BCUT2D eigenvalue weighted by atomic mass is 11.2. The van der Waals surface area contributed by atoms with Gasteiger partial charge in [-0.2, -0.15) is 11.0 Å². The van der Waals surface area contributed by atoms with E-state index in [0.717, 1.165) is 0 Å². The zero-order chi connectivity index (χ0) is 9.56. The third-order valence-corrected chi connectivity index (χ3v) is 0.922. The highest BCUT2D eigenvalue weighted by atomic mass is 31.1. The number of hydroxylamine groups is 2. The van der Waals surface area contributed by atoms with Crippen molar-refractivity contribution in [2.45, 2.75) is 0 Å². The molecular weight excluding hydrogens is 191 g/mol. The zero-order valence-corrected chi connectivity index (χ0v) is 6.54. The Labute approximate surface area is 67.2 Å². The number of hydrogen-bond donors (Lipinski definition) is 4. The molecule has 68 valence electrons. The summed E-state index contributed by atoms with van der Waals surface area (Å²) in [5, 5.41) is 0. The van der Waals surface area contributed by atoms with Crippen molar-refractivity contribution in [2.75, 3.05) is 0 Å². The Morgan fingerprint density at radius 2 is 1.42 bits per heavy atom. The Balaban J connectivity index is 3.47. The van der Waals surface area contributed by atoms with Crippen LogP contribution in [0.25, 0.3) is 0 Å². The van der Waals surface area contributed by atoms with Gasteiger partial charge in [0.1, 0.15) is 0 Å². The fourth-order valence-electron chi connectivity index (χ4n) is 0.183. The summed E-state index contributed by atoms with van der Waals surface area (Å²) in [6.07, 6.45) is 0. The number of urea groups is 2. The molecule has 0 atom stereocenters. The molecule has 9 nitrogen and oxygen atoms in total. The fraction of sp³-hybridized carbons (Fsp3) is 0. The van der Waals surface area contributed by atoms with Crippen molar-refractivity contribution in [2.24, 2.45) is 11.5 Å². The second kappa shape index (κ2) is 5.24. The van der Waals surface area contributed by atoms with Crippen LogP contribution >= 0.6 is 8.25 Å². The van der Waals surface area contributed by atoms with E-state index in [0.29, 0.717) is 0 Å². The second-order valence-corrected chi connectivity index (χ2v) is 2.15. The molecule has 0 bridgehead atoms. The maximum Gasteiger partial charge on any atom is 0.746 e. The smallest absolute Gasteiger partial charge is 0.350 e. The Hall–Kier alpha value is -1.44. The molecule has 0 radical (unpaired) electrons. The first-order chi connectivity index (χ1) is 5.52. The molecule has 0 spiro atoms. The minimum absolute atomic E-state index is 1.05. The number of amides is 4. The molecule has 0 saturated carbocycles. The maximum atomic E-state index is 10.4. The Morgan fingerprint density at radius 3 is 1.67 bits per heavy atom. The SMILES string of the molecule is NC(=O)NO[P+](=O)ONC(N)=O. The van der Waals surface area contributed by atoms with Gasteiger partial charge in [0, 0.05) is 13.8 Å². The van der Waals surface area contributed by atoms with Crippen molar-refractivity contribution in [1.82, 2.24) is 11.0 Å². The van der Waals surface area contributed by atoms with Gasteiger partial charge in [-0.05, 0) is 0 Å².